The number of fused-ring (bicyclic) bond motifs is 1. The van der Waals surface area contributed by atoms with Gasteiger partial charge in [-0.1, -0.05) is 12.1 Å². The van der Waals surface area contributed by atoms with Gasteiger partial charge in [-0.15, -0.1) is 0 Å². The lowest BCUT2D eigenvalue weighted by atomic mass is 9.95. The van der Waals surface area contributed by atoms with Crippen LogP contribution < -0.4 is 16.0 Å². The Hall–Kier alpha value is -2.30. The summed E-state index contributed by atoms with van der Waals surface area (Å²) in [6, 6.07) is 7.91. The fraction of sp³-hybridized carbons (Fsp3) is 0.375. The highest BCUT2D eigenvalue weighted by Gasteiger charge is 2.25. The van der Waals surface area contributed by atoms with Gasteiger partial charge >= 0.3 is 0 Å². The van der Waals surface area contributed by atoms with Gasteiger partial charge < -0.3 is 16.0 Å². The van der Waals surface area contributed by atoms with Crippen LogP contribution in [0.2, 0.25) is 0 Å². The molecule has 0 radical (unpaired) electrons. The molecular formula is C16H20N4O. The van der Waals surface area contributed by atoms with Crippen molar-refractivity contribution in [3.8, 4) is 0 Å². The molecule has 1 aromatic heterocycles. The third-order valence-corrected chi connectivity index (χ3v) is 4.23. The summed E-state index contributed by atoms with van der Waals surface area (Å²) in [6.45, 7) is 1.76. The number of nitrogen functional groups attached to an aromatic ring is 1. The Labute approximate surface area is 124 Å². The third-order valence-electron chi connectivity index (χ3n) is 4.23. The number of nitrogens with two attached hydrogens (primary N) is 1. The van der Waals surface area contributed by atoms with Gasteiger partial charge in [-0.25, -0.2) is 0 Å². The Balaban J connectivity index is 1.86. The number of hydrogen-bond donors (Lipinski definition) is 2. The summed E-state index contributed by atoms with van der Waals surface area (Å²) in [5.74, 6) is 0.280. The summed E-state index contributed by atoms with van der Waals surface area (Å²) in [7, 11) is 1.70. The Morgan fingerprint density at radius 2 is 2.10 bits per heavy atom. The highest BCUT2D eigenvalue weighted by molar-refractivity contribution is 5.98. The number of benzene rings is 1. The molecule has 0 saturated carbocycles. The fourth-order valence-electron chi connectivity index (χ4n) is 3.05. The van der Waals surface area contributed by atoms with Crippen molar-refractivity contribution in [2.75, 3.05) is 30.8 Å². The Morgan fingerprint density at radius 3 is 2.81 bits per heavy atom. The molecule has 1 saturated heterocycles. The van der Waals surface area contributed by atoms with Crippen molar-refractivity contribution in [1.29, 1.82) is 0 Å². The van der Waals surface area contributed by atoms with E-state index in [1.165, 1.54) is 0 Å². The van der Waals surface area contributed by atoms with Crippen LogP contribution in [0.4, 0.5) is 11.4 Å². The van der Waals surface area contributed by atoms with Crippen LogP contribution in [0, 0.1) is 5.92 Å². The number of hydrogen-bond acceptors (Lipinski definition) is 4. The number of para-hydroxylation sites is 1. The third kappa shape index (κ3) is 2.51. The molecule has 5 nitrogen and oxygen atoms in total. The van der Waals surface area contributed by atoms with E-state index in [-0.39, 0.29) is 11.8 Å². The second kappa shape index (κ2) is 5.60. The van der Waals surface area contributed by atoms with Gasteiger partial charge in [0, 0.05) is 43.3 Å². The lowest BCUT2D eigenvalue weighted by Crippen LogP contribution is -2.39. The molecule has 2 aromatic rings. The van der Waals surface area contributed by atoms with Crippen molar-refractivity contribution in [1.82, 2.24) is 10.3 Å². The van der Waals surface area contributed by atoms with E-state index in [4.69, 9.17) is 5.73 Å². The minimum atomic E-state index is 0.129. The first-order chi connectivity index (χ1) is 10.2. The first-order valence-corrected chi connectivity index (χ1v) is 7.30. The maximum atomic E-state index is 11.7. The Morgan fingerprint density at radius 1 is 1.33 bits per heavy atom. The van der Waals surface area contributed by atoms with Gasteiger partial charge in [0.05, 0.1) is 11.2 Å². The van der Waals surface area contributed by atoms with Crippen molar-refractivity contribution < 1.29 is 4.79 Å². The van der Waals surface area contributed by atoms with Gasteiger partial charge in [0.15, 0.2) is 0 Å². The Bertz CT molecular complexity index is 662. The zero-order chi connectivity index (χ0) is 14.8. The molecule has 3 N–H and O–H groups in total. The van der Waals surface area contributed by atoms with Crippen LogP contribution in [0.15, 0.2) is 30.5 Å². The molecule has 110 valence electrons. The predicted octanol–water partition coefficient (Wildman–Crippen LogP) is 1.78. The molecule has 5 heteroatoms. The molecular weight excluding hydrogens is 264 g/mol. The average Bonchev–Trinajstić information content (AvgIpc) is 2.54. The number of nitrogens with one attached hydrogen (secondary N) is 1. The minimum Gasteiger partial charge on any atom is -0.397 e. The number of amides is 1. The number of carbonyl (C=O) groups excluding carboxylic acids is 1. The first kappa shape index (κ1) is 13.7. The number of aromatic nitrogens is 1. The summed E-state index contributed by atoms with van der Waals surface area (Å²) in [5.41, 5.74) is 8.71. The van der Waals surface area contributed by atoms with E-state index < -0.39 is 0 Å². The number of carbonyl (C=O) groups is 1. The van der Waals surface area contributed by atoms with Crippen LogP contribution in [0.25, 0.3) is 10.9 Å². The van der Waals surface area contributed by atoms with Crippen molar-refractivity contribution in [3.63, 3.8) is 0 Å². The van der Waals surface area contributed by atoms with Crippen LogP contribution in [0.1, 0.15) is 12.8 Å². The zero-order valence-corrected chi connectivity index (χ0v) is 12.2. The zero-order valence-electron chi connectivity index (χ0n) is 12.2. The molecule has 0 bridgehead atoms. The normalized spacial score (nSPS) is 16.1. The summed E-state index contributed by atoms with van der Waals surface area (Å²) in [6.07, 6.45) is 3.57. The first-order valence-electron chi connectivity index (χ1n) is 7.30. The van der Waals surface area contributed by atoms with Crippen LogP contribution in [0.3, 0.4) is 0 Å². The van der Waals surface area contributed by atoms with Crippen molar-refractivity contribution in [2.45, 2.75) is 12.8 Å². The molecule has 2 heterocycles. The molecule has 1 aliphatic heterocycles. The van der Waals surface area contributed by atoms with Crippen molar-refractivity contribution >= 4 is 28.2 Å². The maximum absolute atomic E-state index is 11.7. The van der Waals surface area contributed by atoms with Crippen LogP contribution in [-0.4, -0.2) is 31.0 Å². The van der Waals surface area contributed by atoms with Crippen molar-refractivity contribution in [3.05, 3.63) is 30.5 Å². The smallest absolute Gasteiger partial charge is 0.222 e. The van der Waals surface area contributed by atoms with Crippen LogP contribution in [-0.2, 0) is 4.79 Å². The van der Waals surface area contributed by atoms with Gasteiger partial charge in [-0.05, 0) is 25.0 Å². The highest BCUT2D eigenvalue weighted by atomic mass is 16.1. The number of nitrogens with zero attached hydrogens (tertiary/aromatic N) is 2. The van der Waals surface area contributed by atoms with E-state index in [0.29, 0.717) is 5.69 Å². The molecule has 1 fully saturated rings. The molecule has 21 heavy (non-hydrogen) atoms. The molecule has 3 rings (SSSR count). The molecule has 0 aliphatic carbocycles. The molecule has 1 amide bonds. The fourth-order valence-corrected chi connectivity index (χ4v) is 3.05. The van der Waals surface area contributed by atoms with E-state index in [9.17, 15) is 4.79 Å². The van der Waals surface area contributed by atoms with Gasteiger partial charge in [0.2, 0.25) is 5.91 Å². The quantitative estimate of drug-likeness (QED) is 0.825. The Kier molecular flexibility index (Phi) is 3.64. The maximum Gasteiger partial charge on any atom is 0.222 e. The van der Waals surface area contributed by atoms with Gasteiger partial charge in [0.1, 0.15) is 0 Å². The van der Waals surface area contributed by atoms with Crippen LogP contribution in [0.5, 0.6) is 0 Å². The lowest BCUT2D eigenvalue weighted by Gasteiger charge is -2.33. The van der Waals surface area contributed by atoms with E-state index in [0.717, 1.165) is 42.5 Å². The summed E-state index contributed by atoms with van der Waals surface area (Å²) >= 11 is 0. The molecule has 0 spiro atoms. The molecule has 0 atom stereocenters. The molecule has 1 aliphatic rings. The SMILES string of the molecule is CNC(=O)C1CCN(c2ccnc3c(N)cccc23)CC1. The number of rotatable bonds is 2. The van der Waals surface area contributed by atoms with E-state index in [1.807, 2.05) is 18.2 Å². The molecule has 1 aromatic carbocycles. The van der Waals surface area contributed by atoms with Gasteiger partial charge in [-0.3, -0.25) is 9.78 Å². The van der Waals surface area contributed by atoms with E-state index in [1.54, 1.807) is 13.2 Å². The number of anilines is 2. The standard InChI is InChI=1S/C16H20N4O/c1-18-16(21)11-6-9-20(10-7-11)14-5-8-19-15-12(14)3-2-4-13(15)17/h2-5,8,11H,6-7,9-10,17H2,1H3,(H,18,21). The largest absolute Gasteiger partial charge is 0.397 e. The summed E-state index contributed by atoms with van der Waals surface area (Å²) in [4.78, 5) is 18.4. The number of pyridine rings is 1. The van der Waals surface area contributed by atoms with Crippen LogP contribution >= 0.6 is 0 Å². The average molecular weight is 284 g/mol. The van der Waals surface area contributed by atoms with E-state index in [2.05, 4.69) is 21.3 Å². The second-order valence-corrected chi connectivity index (χ2v) is 5.45. The minimum absolute atomic E-state index is 0.129. The topological polar surface area (TPSA) is 71.2 Å². The van der Waals surface area contributed by atoms with E-state index >= 15 is 0 Å². The second-order valence-electron chi connectivity index (χ2n) is 5.45. The highest BCUT2D eigenvalue weighted by Crippen LogP contribution is 2.31. The van der Waals surface area contributed by atoms with Crippen molar-refractivity contribution in [2.24, 2.45) is 5.92 Å². The summed E-state index contributed by atoms with van der Waals surface area (Å²) < 4.78 is 0. The summed E-state index contributed by atoms with van der Waals surface area (Å²) in [5, 5.41) is 3.82. The molecule has 0 unspecified atom stereocenters. The monoisotopic (exact) mass is 284 g/mol. The lowest BCUT2D eigenvalue weighted by molar-refractivity contribution is -0.125. The number of piperidine rings is 1. The predicted molar refractivity (Wildman–Crippen MR) is 85.2 cm³/mol. The van der Waals surface area contributed by atoms with Gasteiger partial charge in [-0.2, -0.15) is 0 Å². The van der Waals surface area contributed by atoms with Gasteiger partial charge in [0.25, 0.3) is 0 Å².